The highest BCUT2D eigenvalue weighted by molar-refractivity contribution is 8.00. The fourth-order valence-corrected chi connectivity index (χ4v) is 6.28. The van der Waals surface area contributed by atoms with Gasteiger partial charge in [-0.1, -0.05) is 37.6 Å². The van der Waals surface area contributed by atoms with Gasteiger partial charge in [0, 0.05) is 36.5 Å². The lowest BCUT2D eigenvalue weighted by Crippen LogP contribution is -2.30. The van der Waals surface area contributed by atoms with Crippen molar-refractivity contribution in [3.8, 4) is 0 Å². The number of aromatic nitrogens is 2. The van der Waals surface area contributed by atoms with E-state index in [2.05, 4.69) is 4.98 Å². The van der Waals surface area contributed by atoms with Gasteiger partial charge in [0.2, 0.25) is 0 Å². The maximum absolute atomic E-state index is 13.1. The van der Waals surface area contributed by atoms with Crippen molar-refractivity contribution in [2.24, 2.45) is 7.05 Å². The third-order valence-electron chi connectivity index (χ3n) is 3.96. The summed E-state index contributed by atoms with van der Waals surface area (Å²) in [4.78, 5) is 4.37. The Balaban J connectivity index is 1.98. The lowest BCUT2D eigenvalue weighted by Gasteiger charge is -2.22. The van der Waals surface area contributed by atoms with E-state index < -0.39 is 10.0 Å². The molecule has 0 saturated carbocycles. The average Bonchev–Trinajstić information content (AvgIpc) is 3.14. The number of hydrogen-bond acceptors (Lipinski definition) is 4. The number of benzene rings is 1. The highest BCUT2D eigenvalue weighted by Crippen LogP contribution is 2.41. The maximum Gasteiger partial charge on any atom is 0.263 e. The number of imidazole rings is 1. The van der Waals surface area contributed by atoms with Gasteiger partial charge in [0.15, 0.2) is 5.03 Å². The van der Waals surface area contributed by atoms with Crippen molar-refractivity contribution in [3.63, 3.8) is 0 Å². The van der Waals surface area contributed by atoms with Crippen molar-refractivity contribution in [2.75, 3.05) is 12.3 Å². The predicted octanol–water partition coefficient (Wildman–Crippen LogP) is 3.63. The summed E-state index contributed by atoms with van der Waals surface area (Å²) in [5.74, 6) is 1.68. The summed E-state index contributed by atoms with van der Waals surface area (Å²) in [5.41, 5.74) is 0.897. The normalized spacial score (nSPS) is 19.3. The van der Waals surface area contributed by atoms with Gasteiger partial charge in [-0.05, 0) is 17.7 Å². The highest BCUT2D eigenvalue weighted by Gasteiger charge is 2.38. The van der Waals surface area contributed by atoms with Gasteiger partial charge in [0.1, 0.15) is 5.82 Å². The Bertz CT molecular complexity index is 849. The van der Waals surface area contributed by atoms with Crippen LogP contribution in [0.25, 0.3) is 0 Å². The second kappa shape index (κ2) is 6.71. The standard InChI is InChI=1S/C16H20ClN3O2S2/c1-11(2)15-18-14(10-19(15)3)24(21,22)20-7-8-23-16(20)12-5-4-6-13(17)9-12/h4-6,9-11,16H,7-8H2,1-3H3. The van der Waals surface area contributed by atoms with Crippen molar-refractivity contribution in [2.45, 2.75) is 30.2 Å². The molecular formula is C16H20ClN3O2S2. The van der Waals surface area contributed by atoms with Crippen LogP contribution >= 0.6 is 23.4 Å². The van der Waals surface area contributed by atoms with E-state index in [-0.39, 0.29) is 16.3 Å². The van der Waals surface area contributed by atoms with E-state index in [1.165, 1.54) is 4.31 Å². The second-order valence-electron chi connectivity index (χ2n) is 6.10. The first kappa shape index (κ1) is 17.8. The molecule has 24 heavy (non-hydrogen) atoms. The molecule has 3 rings (SSSR count). The molecule has 1 saturated heterocycles. The minimum Gasteiger partial charge on any atom is -0.336 e. The minimum atomic E-state index is -3.65. The van der Waals surface area contributed by atoms with E-state index in [0.717, 1.165) is 17.1 Å². The van der Waals surface area contributed by atoms with Gasteiger partial charge >= 0.3 is 0 Å². The van der Waals surface area contributed by atoms with Crippen LogP contribution in [0.2, 0.25) is 5.02 Å². The fraction of sp³-hybridized carbons (Fsp3) is 0.438. The number of halogens is 1. The van der Waals surface area contributed by atoms with Crippen LogP contribution in [-0.2, 0) is 17.1 Å². The van der Waals surface area contributed by atoms with E-state index in [9.17, 15) is 8.42 Å². The highest BCUT2D eigenvalue weighted by atomic mass is 35.5. The summed E-state index contributed by atoms with van der Waals surface area (Å²) < 4.78 is 29.5. The molecule has 2 heterocycles. The first-order chi connectivity index (χ1) is 11.3. The molecule has 0 bridgehead atoms. The van der Waals surface area contributed by atoms with Crippen LogP contribution < -0.4 is 0 Å². The SMILES string of the molecule is CC(C)c1nc(S(=O)(=O)N2CCSC2c2cccc(Cl)c2)cn1C. The van der Waals surface area contributed by atoms with Crippen molar-refractivity contribution in [1.82, 2.24) is 13.9 Å². The molecule has 0 aliphatic carbocycles. The molecule has 1 aromatic heterocycles. The molecule has 0 amide bonds. The third-order valence-corrected chi connectivity index (χ3v) is 7.33. The molecule has 1 unspecified atom stereocenters. The molecule has 1 aromatic carbocycles. The summed E-state index contributed by atoms with van der Waals surface area (Å²) in [5, 5.41) is 0.457. The van der Waals surface area contributed by atoms with Crippen LogP contribution in [0.1, 0.15) is 36.5 Å². The van der Waals surface area contributed by atoms with Gasteiger partial charge in [-0.3, -0.25) is 0 Å². The van der Waals surface area contributed by atoms with Crippen LogP contribution in [0.15, 0.2) is 35.5 Å². The fourth-order valence-electron chi connectivity index (χ4n) is 2.86. The smallest absolute Gasteiger partial charge is 0.263 e. The van der Waals surface area contributed by atoms with Crippen LogP contribution in [0, 0.1) is 0 Å². The lowest BCUT2D eigenvalue weighted by atomic mass is 10.2. The lowest BCUT2D eigenvalue weighted by molar-refractivity contribution is 0.432. The summed E-state index contributed by atoms with van der Waals surface area (Å²) in [6.45, 7) is 4.47. The Morgan fingerprint density at radius 1 is 1.38 bits per heavy atom. The summed E-state index contributed by atoms with van der Waals surface area (Å²) in [7, 11) is -1.82. The molecule has 1 aliphatic rings. The van der Waals surface area contributed by atoms with Gasteiger partial charge < -0.3 is 4.57 Å². The summed E-state index contributed by atoms with van der Waals surface area (Å²) in [6.07, 6.45) is 1.60. The van der Waals surface area contributed by atoms with Crippen molar-refractivity contribution < 1.29 is 8.42 Å². The van der Waals surface area contributed by atoms with E-state index in [0.29, 0.717) is 11.6 Å². The van der Waals surface area contributed by atoms with Crippen molar-refractivity contribution >= 4 is 33.4 Å². The van der Waals surface area contributed by atoms with Crippen LogP contribution in [0.5, 0.6) is 0 Å². The zero-order valence-corrected chi connectivity index (χ0v) is 16.2. The summed E-state index contributed by atoms with van der Waals surface area (Å²) >= 11 is 7.67. The zero-order valence-electron chi connectivity index (χ0n) is 13.8. The Hall–Kier alpha value is -1.02. The zero-order chi connectivity index (χ0) is 17.5. The number of nitrogens with zero attached hydrogens (tertiary/aromatic N) is 3. The van der Waals surface area contributed by atoms with E-state index in [1.54, 1.807) is 28.6 Å². The molecule has 130 valence electrons. The Labute approximate surface area is 152 Å². The van der Waals surface area contributed by atoms with Gasteiger partial charge in [-0.15, -0.1) is 11.8 Å². The van der Waals surface area contributed by atoms with Crippen LogP contribution in [0.3, 0.4) is 0 Å². The Morgan fingerprint density at radius 3 is 2.75 bits per heavy atom. The molecule has 1 atom stereocenters. The predicted molar refractivity (Wildman–Crippen MR) is 97.8 cm³/mol. The topological polar surface area (TPSA) is 55.2 Å². The second-order valence-corrected chi connectivity index (χ2v) is 9.56. The molecule has 8 heteroatoms. The molecule has 0 radical (unpaired) electrons. The van der Waals surface area contributed by atoms with Gasteiger partial charge in [-0.2, -0.15) is 4.31 Å². The Morgan fingerprint density at radius 2 is 2.12 bits per heavy atom. The molecule has 2 aromatic rings. The first-order valence-electron chi connectivity index (χ1n) is 7.73. The number of hydrogen-bond donors (Lipinski definition) is 0. The van der Waals surface area contributed by atoms with E-state index >= 15 is 0 Å². The van der Waals surface area contributed by atoms with Gasteiger partial charge in [0.05, 0.1) is 5.37 Å². The van der Waals surface area contributed by atoms with Crippen LogP contribution in [0.4, 0.5) is 0 Å². The van der Waals surface area contributed by atoms with Gasteiger partial charge in [-0.25, -0.2) is 13.4 Å². The molecule has 0 N–H and O–H groups in total. The molecule has 0 spiro atoms. The first-order valence-corrected chi connectivity index (χ1v) is 10.6. The van der Waals surface area contributed by atoms with Gasteiger partial charge in [0.25, 0.3) is 10.0 Å². The molecule has 5 nitrogen and oxygen atoms in total. The quantitative estimate of drug-likeness (QED) is 0.806. The maximum atomic E-state index is 13.1. The largest absolute Gasteiger partial charge is 0.336 e. The average molecular weight is 386 g/mol. The molecule has 1 fully saturated rings. The minimum absolute atomic E-state index is 0.114. The van der Waals surface area contributed by atoms with E-state index in [4.69, 9.17) is 11.6 Å². The molecular weight excluding hydrogens is 366 g/mol. The number of rotatable bonds is 4. The Kier molecular flexibility index (Phi) is 4.97. The van der Waals surface area contributed by atoms with Crippen LogP contribution in [-0.4, -0.2) is 34.6 Å². The monoisotopic (exact) mass is 385 g/mol. The summed E-state index contributed by atoms with van der Waals surface area (Å²) in [6, 6.07) is 7.37. The molecule has 1 aliphatic heterocycles. The van der Waals surface area contributed by atoms with Crippen molar-refractivity contribution in [1.29, 1.82) is 0 Å². The number of sulfonamides is 1. The van der Waals surface area contributed by atoms with Crippen molar-refractivity contribution in [3.05, 3.63) is 46.9 Å². The number of aryl methyl sites for hydroxylation is 1. The number of thioether (sulfide) groups is 1. The third kappa shape index (κ3) is 3.22. The van der Waals surface area contributed by atoms with E-state index in [1.807, 2.05) is 39.1 Å².